The molecule has 1 saturated heterocycles. The largest absolute Gasteiger partial charge is 0.370 e. The molecule has 32 heavy (non-hydrogen) atoms. The molecule has 0 bridgehead atoms. The fraction of sp³-hybridized carbons (Fsp3) is 0.500. The number of pyridine rings is 1. The van der Waals surface area contributed by atoms with Gasteiger partial charge in [0.2, 0.25) is 0 Å². The number of piperazine rings is 1. The Hall–Kier alpha value is -2.91. The summed E-state index contributed by atoms with van der Waals surface area (Å²) in [5, 5.41) is 9.82. The van der Waals surface area contributed by atoms with Crippen LogP contribution in [0.4, 0.5) is 5.69 Å². The summed E-state index contributed by atoms with van der Waals surface area (Å²) in [6.45, 7) is 11.8. The summed E-state index contributed by atoms with van der Waals surface area (Å²) in [7, 11) is 0. The quantitative estimate of drug-likeness (QED) is 0.731. The first-order valence-electron chi connectivity index (χ1n) is 11.5. The molecule has 3 heterocycles. The van der Waals surface area contributed by atoms with E-state index < -0.39 is 0 Å². The molecule has 0 aliphatic carbocycles. The van der Waals surface area contributed by atoms with E-state index in [-0.39, 0.29) is 11.5 Å². The Kier molecular flexibility index (Phi) is 6.21. The van der Waals surface area contributed by atoms with Crippen molar-refractivity contribution in [1.82, 2.24) is 9.88 Å². The third kappa shape index (κ3) is 4.49. The number of benzene rings is 1. The Bertz CT molecular complexity index is 1030. The minimum absolute atomic E-state index is 0.0812. The monoisotopic (exact) mass is 432 g/mol. The number of nitriles is 1. The molecule has 0 spiro atoms. The van der Waals surface area contributed by atoms with Crippen molar-refractivity contribution in [3.8, 4) is 6.07 Å². The van der Waals surface area contributed by atoms with Gasteiger partial charge in [0.05, 0.1) is 23.6 Å². The fourth-order valence-corrected chi connectivity index (χ4v) is 4.70. The van der Waals surface area contributed by atoms with E-state index in [0.717, 1.165) is 47.6 Å². The lowest BCUT2D eigenvalue weighted by Gasteiger charge is -2.40. The first-order valence-corrected chi connectivity index (χ1v) is 11.5. The second-order valence-corrected chi connectivity index (χ2v) is 9.79. The molecule has 2 aromatic rings. The van der Waals surface area contributed by atoms with Gasteiger partial charge in [-0.25, -0.2) is 4.98 Å². The van der Waals surface area contributed by atoms with Crippen LogP contribution in [-0.2, 0) is 24.2 Å². The summed E-state index contributed by atoms with van der Waals surface area (Å²) in [5.74, 6) is 0.505. The van der Waals surface area contributed by atoms with E-state index in [0.29, 0.717) is 37.7 Å². The molecule has 1 aromatic carbocycles. The van der Waals surface area contributed by atoms with E-state index in [1.165, 1.54) is 0 Å². The maximum absolute atomic E-state index is 12.9. The Morgan fingerprint density at radius 2 is 1.84 bits per heavy atom. The number of anilines is 1. The summed E-state index contributed by atoms with van der Waals surface area (Å²) in [5.41, 5.74) is 5.18. The number of hydrogen-bond acceptors (Lipinski definition) is 5. The van der Waals surface area contributed by atoms with Crippen LogP contribution in [0.3, 0.4) is 0 Å². The van der Waals surface area contributed by atoms with Crippen molar-refractivity contribution in [2.24, 2.45) is 5.92 Å². The van der Waals surface area contributed by atoms with Crippen molar-refractivity contribution in [3.05, 3.63) is 58.4 Å². The highest BCUT2D eigenvalue weighted by molar-refractivity contribution is 5.94. The van der Waals surface area contributed by atoms with Gasteiger partial charge < -0.3 is 14.5 Å². The molecule has 0 saturated carbocycles. The normalized spacial score (nSPS) is 17.8. The molecule has 0 radical (unpaired) electrons. The van der Waals surface area contributed by atoms with Crippen molar-refractivity contribution in [2.75, 3.05) is 31.1 Å². The third-order valence-corrected chi connectivity index (χ3v) is 6.28. The summed E-state index contributed by atoms with van der Waals surface area (Å²) in [6, 6.07) is 11.8. The molecule has 6 nitrogen and oxygen atoms in total. The molecular weight excluding hydrogens is 400 g/mol. The van der Waals surface area contributed by atoms with Crippen LogP contribution in [-0.4, -0.2) is 47.6 Å². The van der Waals surface area contributed by atoms with Gasteiger partial charge in [0.25, 0.3) is 5.91 Å². The number of rotatable bonds is 4. The lowest BCUT2D eigenvalue weighted by molar-refractivity contribution is -0.0401. The Labute approximate surface area is 190 Å². The minimum Gasteiger partial charge on any atom is -0.370 e. The molecule has 0 atom stereocenters. The van der Waals surface area contributed by atoms with Gasteiger partial charge in [-0.15, -0.1) is 0 Å². The average Bonchev–Trinajstić information content (AvgIpc) is 2.78. The molecule has 6 heteroatoms. The number of amides is 1. The lowest BCUT2D eigenvalue weighted by Crippen LogP contribution is -2.49. The van der Waals surface area contributed by atoms with Gasteiger partial charge in [0, 0.05) is 43.7 Å². The number of fused-ring (bicyclic) bond motifs is 1. The first-order chi connectivity index (χ1) is 15.3. The van der Waals surface area contributed by atoms with E-state index in [1.54, 1.807) is 0 Å². The van der Waals surface area contributed by atoms with Crippen LogP contribution in [0.25, 0.3) is 0 Å². The van der Waals surface area contributed by atoms with E-state index >= 15 is 0 Å². The van der Waals surface area contributed by atoms with E-state index in [1.807, 2.05) is 35.2 Å². The van der Waals surface area contributed by atoms with Crippen LogP contribution < -0.4 is 4.90 Å². The van der Waals surface area contributed by atoms with Gasteiger partial charge in [-0.05, 0) is 43.9 Å². The predicted octanol–water partition coefficient (Wildman–Crippen LogP) is 3.97. The molecule has 2 aliphatic rings. The Morgan fingerprint density at radius 1 is 1.16 bits per heavy atom. The number of carbonyl (C=O) groups excluding carboxylic acids is 1. The highest BCUT2D eigenvalue weighted by atomic mass is 16.5. The first kappa shape index (κ1) is 22.3. The predicted molar refractivity (Wildman–Crippen MR) is 125 cm³/mol. The summed E-state index contributed by atoms with van der Waals surface area (Å²) in [6.07, 6.45) is 1.49. The highest BCUT2D eigenvalue weighted by Crippen LogP contribution is 2.38. The summed E-state index contributed by atoms with van der Waals surface area (Å²) >= 11 is 0. The van der Waals surface area contributed by atoms with Crippen molar-refractivity contribution >= 4 is 11.6 Å². The zero-order valence-corrected chi connectivity index (χ0v) is 19.5. The summed E-state index contributed by atoms with van der Waals surface area (Å²) < 4.78 is 6.17. The topological polar surface area (TPSA) is 69.5 Å². The maximum Gasteiger partial charge on any atom is 0.253 e. The standard InChI is InChI=1S/C26H32N4O2/c1-18(2)14-22-24(21-17-32-26(3,4)15-20(21)23(16-27)28-22)29-10-12-30(13-11-29)25(31)19-8-6-5-7-9-19/h5-9,18H,10-15,17H2,1-4H3. The van der Waals surface area contributed by atoms with Gasteiger partial charge >= 0.3 is 0 Å². The van der Waals surface area contributed by atoms with Gasteiger partial charge in [-0.2, -0.15) is 5.26 Å². The third-order valence-electron chi connectivity index (χ3n) is 6.28. The molecule has 1 amide bonds. The number of hydrogen-bond donors (Lipinski definition) is 0. The van der Waals surface area contributed by atoms with Crippen LogP contribution in [0.15, 0.2) is 30.3 Å². The van der Waals surface area contributed by atoms with Crippen LogP contribution in [0.5, 0.6) is 0 Å². The molecular formula is C26H32N4O2. The molecule has 4 rings (SSSR count). The van der Waals surface area contributed by atoms with Crippen LogP contribution >= 0.6 is 0 Å². The van der Waals surface area contributed by atoms with Gasteiger partial charge in [-0.1, -0.05) is 32.0 Å². The van der Waals surface area contributed by atoms with E-state index in [9.17, 15) is 10.1 Å². The zero-order chi connectivity index (χ0) is 22.9. The number of nitrogens with zero attached hydrogens (tertiary/aromatic N) is 4. The van der Waals surface area contributed by atoms with Crippen molar-refractivity contribution in [2.45, 2.75) is 52.7 Å². The molecule has 1 fully saturated rings. The molecule has 0 N–H and O–H groups in total. The van der Waals surface area contributed by atoms with Crippen LogP contribution in [0.2, 0.25) is 0 Å². The smallest absolute Gasteiger partial charge is 0.253 e. The number of ether oxygens (including phenoxy) is 1. The molecule has 2 aliphatic heterocycles. The molecule has 168 valence electrons. The van der Waals surface area contributed by atoms with E-state index in [2.05, 4.69) is 38.7 Å². The maximum atomic E-state index is 12.9. The van der Waals surface area contributed by atoms with Crippen molar-refractivity contribution < 1.29 is 9.53 Å². The minimum atomic E-state index is -0.308. The second-order valence-electron chi connectivity index (χ2n) is 9.79. The van der Waals surface area contributed by atoms with Crippen LogP contribution in [0.1, 0.15) is 60.6 Å². The highest BCUT2D eigenvalue weighted by Gasteiger charge is 2.34. The number of carbonyl (C=O) groups is 1. The number of aromatic nitrogens is 1. The van der Waals surface area contributed by atoms with Crippen molar-refractivity contribution in [3.63, 3.8) is 0 Å². The summed E-state index contributed by atoms with van der Waals surface area (Å²) in [4.78, 5) is 22.0. The van der Waals surface area contributed by atoms with Crippen LogP contribution in [0, 0.1) is 17.2 Å². The van der Waals surface area contributed by atoms with Gasteiger partial charge in [-0.3, -0.25) is 4.79 Å². The van der Waals surface area contributed by atoms with Gasteiger partial charge in [0.15, 0.2) is 0 Å². The SMILES string of the molecule is CC(C)Cc1nc(C#N)c2c(c1N1CCN(C(=O)c3ccccc3)CC1)COC(C)(C)C2. The second kappa shape index (κ2) is 8.91. The Balaban J connectivity index is 1.64. The van der Waals surface area contributed by atoms with Crippen molar-refractivity contribution in [1.29, 1.82) is 5.26 Å². The fourth-order valence-electron chi connectivity index (χ4n) is 4.70. The average molecular weight is 433 g/mol. The molecule has 1 aromatic heterocycles. The molecule has 0 unspecified atom stereocenters. The van der Waals surface area contributed by atoms with Gasteiger partial charge in [0.1, 0.15) is 11.8 Å². The zero-order valence-electron chi connectivity index (χ0n) is 19.5. The van der Waals surface area contributed by atoms with E-state index in [4.69, 9.17) is 9.72 Å². The lowest BCUT2D eigenvalue weighted by atomic mass is 9.88. The Morgan fingerprint density at radius 3 is 2.47 bits per heavy atom.